The van der Waals surface area contributed by atoms with Crippen molar-refractivity contribution < 1.29 is 9.90 Å². The van der Waals surface area contributed by atoms with E-state index < -0.39 is 5.97 Å². The second kappa shape index (κ2) is 5.35. The standard InChI is InChI=1S/C7H6BNO2.C2H6/c1-4-2-6(8)9-3-5(4)7(10)11;1-2/h2-3H,1H3,(H,10,11);1-2H3. The number of carboxylic acids is 1. The summed E-state index contributed by atoms with van der Waals surface area (Å²) in [6.45, 7) is 5.68. The maximum absolute atomic E-state index is 10.5. The predicted octanol–water partition coefficient (Wildman–Crippen LogP) is 0.908. The molecule has 4 heteroatoms. The highest BCUT2D eigenvalue weighted by atomic mass is 16.4. The Hall–Kier alpha value is -1.32. The summed E-state index contributed by atoms with van der Waals surface area (Å²) in [5.41, 5.74) is 1.16. The van der Waals surface area contributed by atoms with E-state index in [2.05, 4.69) is 4.98 Å². The SMILES string of the molecule is CC.[B]c1cc(C)c(C(=O)O)cn1. The van der Waals surface area contributed by atoms with Crippen LogP contribution in [0.4, 0.5) is 0 Å². The molecule has 0 unspecified atom stereocenters. The lowest BCUT2D eigenvalue weighted by Gasteiger charge is -1.99. The van der Waals surface area contributed by atoms with E-state index in [0.29, 0.717) is 11.2 Å². The summed E-state index contributed by atoms with van der Waals surface area (Å²) >= 11 is 0. The van der Waals surface area contributed by atoms with Gasteiger partial charge in [0.1, 0.15) is 7.85 Å². The van der Waals surface area contributed by atoms with Crippen LogP contribution in [0.15, 0.2) is 12.3 Å². The number of aromatic carboxylic acids is 1. The molecule has 0 aliphatic heterocycles. The molecule has 0 aromatic carbocycles. The number of hydrogen-bond donors (Lipinski definition) is 1. The average Bonchev–Trinajstić information content (AvgIpc) is 2.07. The number of nitrogens with zero attached hydrogens (tertiary/aromatic N) is 1. The minimum absolute atomic E-state index is 0.194. The average molecular weight is 177 g/mol. The number of carboxylic acid groups (broad SMARTS) is 1. The highest BCUT2D eigenvalue weighted by Crippen LogP contribution is 2.02. The first kappa shape index (κ1) is 11.7. The Kier molecular flexibility index (Phi) is 4.81. The second-order valence-electron chi connectivity index (χ2n) is 2.23. The summed E-state index contributed by atoms with van der Waals surface area (Å²) in [5.74, 6) is -0.977. The van der Waals surface area contributed by atoms with E-state index in [1.54, 1.807) is 6.92 Å². The number of carbonyl (C=O) groups is 1. The quantitative estimate of drug-likeness (QED) is 0.648. The Morgan fingerprint density at radius 2 is 2.08 bits per heavy atom. The smallest absolute Gasteiger partial charge is 0.337 e. The van der Waals surface area contributed by atoms with Crippen LogP contribution in [0.5, 0.6) is 0 Å². The fourth-order valence-electron chi connectivity index (χ4n) is 0.802. The molecule has 0 spiro atoms. The van der Waals surface area contributed by atoms with Gasteiger partial charge >= 0.3 is 5.97 Å². The second-order valence-corrected chi connectivity index (χ2v) is 2.23. The maximum atomic E-state index is 10.5. The minimum Gasteiger partial charge on any atom is -0.478 e. The monoisotopic (exact) mass is 177 g/mol. The number of pyridine rings is 1. The summed E-state index contributed by atoms with van der Waals surface area (Å²) in [6, 6.07) is 1.53. The van der Waals surface area contributed by atoms with Gasteiger partial charge in [0.05, 0.1) is 5.56 Å². The van der Waals surface area contributed by atoms with Crippen LogP contribution in [0, 0.1) is 6.92 Å². The van der Waals surface area contributed by atoms with E-state index in [0.717, 1.165) is 0 Å². The molecule has 3 nitrogen and oxygen atoms in total. The van der Waals surface area contributed by atoms with Crippen LogP contribution in [0.1, 0.15) is 29.8 Å². The van der Waals surface area contributed by atoms with Crippen molar-refractivity contribution >= 4 is 19.4 Å². The van der Waals surface area contributed by atoms with Crippen molar-refractivity contribution in [2.45, 2.75) is 20.8 Å². The third kappa shape index (κ3) is 3.28. The Balaban J connectivity index is 0.000000671. The van der Waals surface area contributed by atoms with Crippen molar-refractivity contribution in [2.24, 2.45) is 0 Å². The number of rotatable bonds is 1. The van der Waals surface area contributed by atoms with Gasteiger partial charge in [0.15, 0.2) is 0 Å². The van der Waals surface area contributed by atoms with Crippen molar-refractivity contribution in [3.63, 3.8) is 0 Å². The zero-order chi connectivity index (χ0) is 10.4. The van der Waals surface area contributed by atoms with Gasteiger partial charge in [-0.2, -0.15) is 0 Å². The molecule has 1 heterocycles. The van der Waals surface area contributed by atoms with Gasteiger partial charge in [-0.25, -0.2) is 4.79 Å². The molecule has 13 heavy (non-hydrogen) atoms. The third-order valence-electron chi connectivity index (χ3n) is 1.36. The Morgan fingerprint density at radius 1 is 1.54 bits per heavy atom. The lowest BCUT2D eigenvalue weighted by atomic mass is 10.0. The lowest BCUT2D eigenvalue weighted by Crippen LogP contribution is -2.11. The molecule has 2 radical (unpaired) electrons. The van der Waals surface area contributed by atoms with Crippen LogP contribution in [0.3, 0.4) is 0 Å². The maximum Gasteiger partial charge on any atom is 0.337 e. The molecule has 1 rings (SSSR count). The normalized spacial score (nSPS) is 8.54. The van der Waals surface area contributed by atoms with Gasteiger partial charge in [0, 0.05) is 6.20 Å². The molecule has 68 valence electrons. The van der Waals surface area contributed by atoms with Crippen LogP contribution in [-0.2, 0) is 0 Å². The summed E-state index contributed by atoms with van der Waals surface area (Å²) in [6.07, 6.45) is 1.26. The summed E-state index contributed by atoms with van der Waals surface area (Å²) in [5, 5.41) is 8.58. The molecule has 0 atom stereocenters. The summed E-state index contributed by atoms with van der Waals surface area (Å²) in [7, 11) is 5.32. The van der Waals surface area contributed by atoms with Gasteiger partial charge in [0.25, 0.3) is 0 Å². The molecule has 1 N–H and O–H groups in total. The molecule has 0 amide bonds. The van der Waals surface area contributed by atoms with Crippen LogP contribution in [0.2, 0.25) is 0 Å². The molecule has 0 saturated heterocycles. The number of aryl methyl sites for hydroxylation is 1. The first-order valence-electron chi connectivity index (χ1n) is 4.06. The van der Waals surface area contributed by atoms with Crippen LogP contribution < -0.4 is 5.59 Å². The molecule has 1 aromatic heterocycles. The first-order chi connectivity index (χ1) is 6.11. The predicted molar refractivity (Wildman–Crippen MR) is 52.7 cm³/mol. The lowest BCUT2D eigenvalue weighted by molar-refractivity contribution is 0.0695. The molecular weight excluding hydrogens is 165 g/mol. The third-order valence-corrected chi connectivity index (χ3v) is 1.36. The largest absolute Gasteiger partial charge is 0.478 e. The van der Waals surface area contributed by atoms with Crippen molar-refractivity contribution in [3.05, 3.63) is 23.4 Å². The topological polar surface area (TPSA) is 50.2 Å². The summed E-state index contributed by atoms with van der Waals surface area (Å²) < 4.78 is 0. The number of aromatic nitrogens is 1. The minimum atomic E-state index is -0.977. The molecule has 0 aliphatic rings. The van der Waals surface area contributed by atoms with Gasteiger partial charge in [-0.3, -0.25) is 4.98 Å². The Bertz CT molecular complexity index is 300. The highest BCUT2D eigenvalue weighted by Gasteiger charge is 2.05. The Morgan fingerprint density at radius 3 is 2.46 bits per heavy atom. The fraction of sp³-hybridized carbons (Fsp3) is 0.333. The van der Waals surface area contributed by atoms with Crippen molar-refractivity contribution in [1.82, 2.24) is 4.98 Å². The van der Waals surface area contributed by atoms with Gasteiger partial charge in [-0.05, 0) is 24.1 Å². The zero-order valence-electron chi connectivity index (χ0n) is 8.03. The van der Waals surface area contributed by atoms with Crippen LogP contribution in [0.25, 0.3) is 0 Å². The van der Waals surface area contributed by atoms with Crippen molar-refractivity contribution in [2.75, 3.05) is 0 Å². The van der Waals surface area contributed by atoms with Crippen LogP contribution in [-0.4, -0.2) is 23.9 Å². The van der Waals surface area contributed by atoms with Crippen LogP contribution >= 0.6 is 0 Å². The molecule has 0 aliphatic carbocycles. The van der Waals surface area contributed by atoms with E-state index in [1.807, 2.05) is 13.8 Å². The van der Waals surface area contributed by atoms with E-state index in [1.165, 1.54) is 12.3 Å². The van der Waals surface area contributed by atoms with Gasteiger partial charge < -0.3 is 5.11 Å². The van der Waals surface area contributed by atoms with Gasteiger partial charge in [-0.1, -0.05) is 13.8 Å². The Labute approximate surface area is 79.2 Å². The summed E-state index contributed by atoms with van der Waals surface area (Å²) in [4.78, 5) is 14.1. The van der Waals surface area contributed by atoms with E-state index >= 15 is 0 Å². The first-order valence-corrected chi connectivity index (χ1v) is 4.06. The molecular formula is C9H12BNO2. The highest BCUT2D eigenvalue weighted by molar-refractivity contribution is 6.30. The van der Waals surface area contributed by atoms with Crippen molar-refractivity contribution in [3.8, 4) is 0 Å². The molecule has 0 fully saturated rings. The number of hydrogen-bond acceptors (Lipinski definition) is 2. The van der Waals surface area contributed by atoms with Gasteiger partial charge in [-0.15, -0.1) is 0 Å². The zero-order valence-corrected chi connectivity index (χ0v) is 8.03. The fourth-order valence-corrected chi connectivity index (χ4v) is 0.802. The molecule has 0 saturated carbocycles. The van der Waals surface area contributed by atoms with E-state index in [4.69, 9.17) is 13.0 Å². The molecule has 1 aromatic rings. The van der Waals surface area contributed by atoms with E-state index in [9.17, 15) is 4.79 Å². The van der Waals surface area contributed by atoms with Crippen molar-refractivity contribution in [1.29, 1.82) is 0 Å². The molecule has 0 bridgehead atoms. The van der Waals surface area contributed by atoms with E-state index in [-0.39, 0.29) is 5.56 Å². The van der Waals surface area contributed by atoms with Gasteiger partial charge in [0.2, 0.25) is 0 Å².